The van der Waals surface area contributed by atoms with Gasteiger partial charge in [-0.1, -0.05) is 0 Å². The fraction of sp³-hybridized carbons (Fsp3) is 1.00. The molecule has 2 aliphatic rings. The van der Waals surface area contributed by atoms with Crippen molar-refractivity contribution in [2.24, 2.45) is 0 Å². The summed E-state index contributed by atoms with van der Waals surface area (Å²) in [4.78, 5) is 5.29. The molecule has 15 heavy (non-hydrogen) atoms. The van der Waals surface area contributed by atoms with Gasteiger partial charge in [0.2, 0.25) is 0 Å². The number of hydrogen-bond acceptors (Lipinski definition) is 3. The highest BCUT2D eigenvalue weighted by Crippen LogP contribution is 2.25. The van der Waals surface area contributed by atoms with Gasteiger partial charge in [-0.15, -0.1) is 0 Å². The van der Waals surface area contributed by atoms with Gasteiger partial charge in [0, 0.05) is 38.3 Å². The van der Waals surface area contributed by atoms with Gasteiger partial charge in [0.15, 0.2) is 0 Å². The predicted molar refractivity (Wildman–Crippen MR) is 62.1 cm³/mol. The van der Waals surface area contributed by atoms with Crippen LogP contribution in [0.3, 0.4) is 0 Å². The number of ether oxygens (including phenoxy) is 1. The Hall–Kier alpha value is -0.120. The Labute approximate surface area is 93.4 Å². The Morgan fingerprint density at radius 2 is 2.20 bits per heavy atom. The van der Waals surface area contributed by atoms with Gasteiger partial charge in [0.25, 0.3) is 0 Å². The highest BCUT2D eigenvalue weighted by molar-refractivity contribution is 4.92. The average Bonchev–Trinajstić information content (AvgIpc) is 2.63. The van der Waals surface area contributed by atoms with Crippen molar-refractivity contribution in [1.82, 2.24) is 9.80 Å². The SMILES string of the molecule is COCC(C)N1CC2CCCN2CC1C. The number of methoxy groups -OCH3 is 1. The molecular formula is C12H24N2O. The first-order valence-corrected chi connectivity index (χ1v) is 6.21. The first kappa shape index (κ1) is 11.4. The lowest BCUT2D eigenvalue weighted by Gasteiger charge is -2.45. The van der Waals surface area contributed by atoms with Gasteiger partial charge >= 0.3 is 0 Å². The van der Waals surface area contributed by atoms with Gasteiger partial charge in [-0.2, -0.15) is 0 Å². The molecule has 3 unspecified atom stereocenters. The van der Waals surface area contributed by atoms with Crippen LogP contribution in [0.2, 0.25) is 0 Å². The van der Waals surface area contributed by atoms with Crippen LogP contribution >= 0.6 is 0 Å². The molecule has 0 spiro atoms. The fourth-order valence-electron chi connectivity index (χ4n) is 3.16. The minimum absolute atomic E-state index is 0.563. The van der Waals surface area contributed by atoms with Crippen molar-refractivity contribution in [2.45, 2.75) is 44.8 Å². The molecule has 0 aromatic rings. The number of piperazine rings is 1. The number of nitrogens with zero attached hydrogens (tertiary/aromatic N) is 2. The molecule has 0 radical (unpaired) electrons. The van der Waals surface area contributed by atoms with Crippen LogP contribution in [0.15, 0.2) is 0 Å². The van der Waals surface area contributed by atoms with Gasteiger partial charge in [-0.3, -0.25) is 9.80 Å². The molecule has 0 N–H and O–H groups in total. The number of fused-ring (bicyclic) bond motifs is 1. The zero-order valence-electron chi connectivity index (χ0n) is 10.3. The van der Waals surface area contributed by atoms with Crippen molar-refractivity contribution in [1.29, 1.82) is 0 Å². The van der Waals surface area contributed by atoms with Crippen LogP contribution in [0, 0.1) is 0 Å². The van der Waals surface area contributed by atoms with Crippen LogP contribution in [-0.2, 0) is 4.74 Å². The molecule has 0 saturated carbocycles. The molecule has 2 rings (SSSR count). The zero-order chi connectivity index (χ0) is 10.8. The van der Waals surface area contributed by atoms with Gasteiger partial charge in [0.1, 0.15) is 0 Å². The van der Waals surface area contributed by atoms with Crippen LogP contribution < -0.4 is 0 Å². The monoisotopic (exact) mass is 212 g/mol. The number of rotatable bonds is 3. The summed E-state index contributed by atoms with van der Waals surface area (Å²) in [6, 6.07) is 2.07. The van der Waals surface area contributed by atoms with E-state index in [0.717, 1.165) is 12.6 Å². The van der Waals surface area contributed by atoms with E-state index in [2.05, 4.69) is 23.6 Å². The molecule has 3 atom stereocenters. The van der Waals surface area contributed by atoms with E-state index in [4.69, 9.17) is 4.74 Å². The Kier molecular flexibility index (Phi) is 3.65. The number of hydrogen-bond donors (Lipinski definition) is 0. The third kappa shape index (κ3) is 2.35. The molecule has 3 nitrogen and oxygen atoms in total. The van der Waals surface area contributed by atoms with E-state index in [1.165, 1.54) is 32.5 Å². The van der Waals surface area contributed by atoms with E-state index in [-0.39, 0.29) is 0 Å². The van der Waals surface area contributed by atoms with Crippen LogP contribution in [0.5, 0.6) is 0 Å². The Balaban J connectivity index is 1.94. The first-order chi connectivity index (χ1) is 7.22. The summed E-state index contributed by atoms with van der Waals surface area (Å²) in [5.41, 5.74) is 0. The lowest BCUT2D eigenvalue weighted by molar-refractivity contribution is 0.00651. The van der Waals surface area contributed by atoms with Crippen LogP contribution in [0.4, 0.5) is 0 Å². The van der Waals surface area contributed by atoms with Crippen molar-refractivity contribution >= 4 is 0 Å². The summed E-state index contributed by atoms with van der Waals surface area (Å²) in [5.74, 6) is 0. The van der Waals surface area contributed by atoms with Crippen molar-refractivity contribution in [3.8, 4) is 0 Å². The van der Waals surface area contributed by atoms with Crippen molar-refractivity contribution in [3.63, 3.8) is 0 Å². The summed E-state index contributed by atoms with van der Waals surface area (Å²) in [7, 11) is 1.80. The summed E-state index contributed by atoms with van der Waals surface area (Å²) in [6.45, 7) is 9.30. The lowest BCUT2D eigenvalue weighted by atomic mass is 10.1. The summed E-state index contributed by atoms with van der Waals surface area (Å²) in [5, 5.41) is 0. The van der Waals surface area contributed by atoms with Gasteiger partial charge < -0.3 is 4.74 Å². The second kappa shape index (κ2) is 4.81. The molecule has 88 valence electrons. The largest absolute Gasteiger partial charge is 0.383 e. The normalized spacial score (nSPS) is 35.4. The van der Waals surface area contributed by atoms with E-state index in [9.17, 15) is 0 Å². The Morgan fingerprint density at radius 1 is 1.40 bits per heavy atom. The third-order valence-electron chi connectivity index (χ3n) is 3.96. The first-order valence-electron chi connectivity index (χ1n) is 6.21. The molecule has 2 fully saturated rings. The second-order valence-electron chi connectivity index (χ2n) is 5.14. The minimum Gasteiger partial charge on any atom is -0.383 e. The molecule has 2 aliphatic heterocycles. The Morgan fingerprint density at radius 3 is 2.93 bits per heavy atom. The topological polar surface area (TPSA) is 15.7 Å². The van der Waals surface area contributed by atoms with E-state index in [0.29, 0.717) is 12.1 Å². The van der Waals surface area contributed by atoms with Crippen LogP contribution in [-0.4, -0.2) is 61.3 Å². The van der Waals surface area contributed by atoms with E-state index >= 15 is 0 Å². The molecule has 2 heterocycles. The average molecular weight is 212 g/mol. The molecule has 0 aromatic heterocycles. The molecular weight excluding hydrogens is 188 g/mol. The van der Waals surface area contributed by atoms with E-state index in [1.54, 1.807) is 7.11 Å². The van der Waals surface area contributed by atoms with Gasteiger partial charge in [-0.05, 0) is 33.2 Å². The Bertz CT molecular complexity index is 210. The molecule has 0 aromatic carbocycles. The minimum atomic E-state index is 0.563. The molecule has 2 saturated heterocycles. The standard InChI is InChI=1S/C12H24N2O/c1-10-7-13-6-4-5-12(13)8-14(10)11(2)9-15-3/h10-12H,4-9H2,1-3H3. The van der Waals surface area contributed by atoms with Crippen molar-refractivity contribution in [2.75, 3.05) is 33.4 Å². The molecule has 0 amide bonds. The summed E-state index contributed by atoms with van der Waals surface area (Å²) < 4.78 is 5.26. The third-order valence-corrected chi connectivity index (χ3v) is 3.96. The smallest absolute Gasteiger partial charge is 0.0615 e. The second-order valence-corrected chi connectivity index (χ2v) is 5.14. The highest BCUT2D eigenvalue weighted by atomic mass is 16.5. The van der Waals surface area contributed by atoms with Crippen LogP contribution in [0.1, 0.15) is 26.7 Å². The van der Waals surface area contributed by atoms with Crippen molar-refractivity contribution in [3.05, 3.63) is 0 Å². The maximum absolute atomic E-state index is 5.26. The summed E-state index contributed by atoms with van der Waals surface area (Å²) in [6.07, 6.45) is 2.78. The summed E-state index contributed by atoms with van der Waals surface area (Å²) >= 11 is 0. The maximum atomic E-state index is 5.26. The molecule has 0 aliphatic carbocycles. The predicted octanol–water partition coefficient (Wildman–Crippen LogP) is 1.19. The lowest BCUT2D eigenvalue weighted by Crippen LogP contribution is -2.58. The molecule has 3 heteroatoms. The van der Waals surface area contributed by atoms with Crippen molar-refractivity contribution < 1.29 is 4.74 Å². The highest BCUT2D eigenvalue weighted by Gasteiger charge is 2.35. The van der Waals surface area contributed by atoms with Gasteiger partial charge in [0.05, 0.1) is 6.61 Å². The molecule has 0 bridgehead atoms. The van der Waals surface area contributed by atoms with E-state index in [1.807, 2.05) is 0 Å². The van der Waals surface area contributed by atoms with Crippen LogP contribution in [0.25, 0.3) is 0 Å². The maximum Gasteiger partial charge on any atom is 0.0615 e. The van der Waals surface area contributed by atoms with Gasteiger partial charge in [-0.25, -0.2) is 0 Å². The zero-order valence-corrected chi connectivity index (χ0v) is 10.3. The fourth-order valence-corrected chi connectivity index (χ4v) is 3.16. The van der Waals surface area contributed by atoms with E-state index < -0.39 is 0 Å². The quantitative estimate of drug-likeness (QED) is 0.699.